The predicted octanol–water partition coefficient (Wildman–Crippen LogP) is 14.0. The van der Waals surface area contributed by atoms with Gasteiger partial charge < -0.3 is 9.47 Å². The fourth-order valence-electron chi connectivity index (χ4n) is 10.9. The van der Waals surface area contributed by atoms with E-state index in [4.69, 9.17) is 16.0 Å². The van der Waals surface area contributed by atoms with Crippen LogP contribution in [0.4, 0.5) is 0 Å². The van der Waals surface area contributed by atoms with Crippen molar-refractivity contribution in [3.63, 3.8) is 0 Å². The maximum atomic E-state index is 13.9. The Bertz CT molecular complexity index is 3190. The van der Waals surface area contributed by atoms with E-state index in [-0.39, 0.29) is 22.8 Å². The van der Waals surface area contributed by atoms with Gasteiger partial charge in [0.05, 0.1) is 41.5 Å². The van der Waals surface area contributed by atoms with Gasteiger partial charge in [-0.15, -0.1) is 45.3 Å². The van der Waals surface area contributed by atoms with Crippen LogP contribution in [0.5, 0.6) is 11.5 Å². The van der Waals surface area contributed by atoms with Crippen molar-refractivity contribution >= 4 is 89.6 Å². The number of ketones is 2. The van der Waals surface area contributed by atoms with E-state index < -0.39 is 11.2 Å². The maximum Gasteiger partial charge on any atom is 0.270 e. The van der Waals surface area contributed by atoms with E-state index >= 15 is 0 Å². The van der Waals surface area contributed by atoms with Gasteiger partial charge in [-0.25, -0.2) is 10.1 Å². The van der Waals surface area contributed by atoms with Crippen LogP contribution in [-0.4, -0.2) is 11.6 Å². The van der Waals surface area contributed by atoms with Crippen molar-refractivity contribution in [2.75, 3.05) is 0 Å². The summed E-state index contributed by atoms with van der Waals surface area (Å²) in [7, 11) is 0. The Morgan fingerprint density at radius 3 is 1.47 bits per heavy atom. The fraction of sp³-hybridized carbons (Fsp3) is 0.231. The molecular weight excluding hydrogens is 873 g/mol. The maximum absolute atomic E-state index is 13.9. The van der Waals surface area contributed by atoms with Crippen LogP contribution in [0.25, 0.3) is 57.1 Å². The second-order valence-corrected chi connectivity index (χ2v) is 21.3. The van der Waals surface area contributed by atoms with E-state index in [0.29, 0.717) is 44.5 Å². The van der Waals surface area contributed by atoms with Crippen LogP contribution in [0, 0.1) is 40.6 Å². The monoisotopic (exact) mass is 904 g/mol. The molecule has 0 radical (unpaired) electrons. The van der Waals surface area contributed by atoms with Crippen molar-refractivity contribution in [2.45, 2.75) is 75.4 Å². The number of nitrogens with zero attached hydrogens (tertiary/aromatic N) is 4. The minimum absolute atomic E-state index is 0.0854. The van der Waals surface area contributed by atoms with Crippen molar-refractivity contribution in [1.29, 1.82) is 15.8 Å². The molecule has 0 bridgehead atoms. The smallest absolute Gasteiger partial charge is 0.270 e. The van der Waals surface area contributed by atoms with Gasteiger partial charge >= 0.3 is 0 Å². The number of nitriles is 3. The Labute approximate surface area is 384 Å². The number of hydrogen-bond donors (Lipinski definition) is 0. The van der Waals surface area contributed by atoms with Gasteiger partial charge in [0.1, 0.15) is 40.4 Å². The first-order chi connectivity index (χ1) is 31.3. The molecule has 0 saturated heterocycles. The number of benzene rings is 2. The summed E-state index contributed by atoms with van der Waals surface area (Å²) in [6.45, 7) is 7.77. The molecule has 12 rings (SSSR count). The molecule has 0 N–H and O–H groups in total. The highest BCUT2D eigenvalue weighted by Gasteiger charge is 2.51. The number of allylic oxidation sites excluding steroid dienone is 6. The van der Waals surface area contributed by atoms with Gasteiger partial charge in [0, 0.05) is 54.3 Å². The van der Waals surface area contributed by atoms with Gasteiger partial charge in [0.15, 0.2) is 11.6 Å². The van der Waals surface area contributed by atoms with E-state index in [1.165, 1.54) is 30.3 Å². The molecule has 2 saturated carbocycles. The largest absolute Gasteiger partial charge is 0.481 e. The number of carbonyl (C=O) groups excluding carboxylic acids is 2. The van der Waals surface area contributed by atoms with Gasteiger partial charge in [-0.2, -0.15) is 10.5 Å². The standard InChI is InChI=1S/C52H32N4O4S4/c1-56-36(26-55)40-31-13-5-7-15-33(31)44(58)35(40)21-29-23-38-46(62-29)48-42(52(60-38)18-10-3-11-19-52)50-49(64-48)41-47(63-50)45-37(59-51(41)16-8-2-9-17-51)22-28(61-45)20-34-39(27(24-53)25-54)30-12-4-6-14-32(30)43(34)57/h4-7,12-15,20-23H,2-3,8-11,16-19H2/b34-20-,35-21-,40-36?. The van der Waals surface area contributed by atoms with Crippen molar-refractivity contribution in [3.8, 4) is 49.2 Å². The average Bonchev–Trinajstić information content (AvgIpc) is 4.17. The van der Waals surface area contributed by atoms with Gasteiger partial charge in [-0.05, 0) is 86.8 Å². The Kier molecular flexibility index (Phi) is 8.80. The zero-order valence-corrected chi connectivity index (χ0v) is 37.3. The number of thiophene rings is 4. The first-order valence-corrected chi connectivity index (χ1v) is 24.6. The molecule has 2 aromatic carbocycles. The SMILES string of the molecule is [C-]#[N+]C(C#N)=C1/C(=C/c2cc3c(s2)-c2sc4c5c(sc4c2C2(CCCCC2)O3)-c2sc(/C=C3\C(=O)c4ccccc4C3=C(C#N)C#N)cc2OC52CCCCC2)C(=O)c2ccccc21. The molecule has 12 heteroatoms. The molecule has 2 aliphatic heterocycles. The first kappa shape index (κ1) is 39.0. The second-order valence-electron chi connectivity index (χ2n) is 17.1. The molecule has 64 heavy (non-hydrogen) atoms. The van der Waals surface area contributed by atoms with Crippen LogP contribution < -0.4 is 9.47 Å². The molecule has 6 heterocycles. The third-order valence-electron chi connectivity index (χ3n) is 13.6. The molecule has 4 aliphatic carbocycles. The molecule has 0 unspecified atom stereocenters. The molecule has 0 atom stereocenters. The van der Waals surface area contributed by atoms with E-state index in [1.54, 1.807) is 59.1 Å². The van der Waals surface area contributed by atoms with Crippen LogP contribution in [0.2, 0.25) is 0 Å². The van der Waals surface area contributed by atoms with Gasteiger partial charge in [0.25, 0.3) is 5.70 Å². The number of ether oxygens (including phenoxy) is 2. The van der Waals surface area contributed by atoms with Crippen LogP contribution >= 0.6 is 45.3 Å². The molecule has 6 aliphatic rings. The first-order valence-electron chi connectivity index (χ1n) is 21.4. The molecule has 2 fully saturated rings. The summed E-state index contributed by atoms with van der Waals surface area (Å²) in [5.74, 6) is 1.21. The summed E-state index contributed by atoms with van der Waals surface area (Å²) in [6.07, 6.45) is 13.7. The van der Waals surface area contributed by atoms with E-state index in [0.717, 1.165) is 95.2 Å². The number of fused-ring (bicyclic) bond motifs is 13. The lowest BCUT2D eigenvalue weighted by atomic mass is 9.76. The van der Waals surface area contributed by atoms with Crippen molar-refractivity contribution in [1.82, 2.24) is 0 Å². The Hall–Kier alpha value is -6.64. The van der Waals surface area contributed by atoms with Gasteiger partial charge in [-0.1, -0.05) is 61.4 Å². The molecule has 2 spiro atoms. The highest BCUT2D eigenvalue weighted by atomic mass is 32.1. The van der Waals surface area contributed by atoms with Crippen molar-refractivity contribution < 1.29 is 19.1 Å². The minimum Gasteiger partial charge on any atom is -0.481 e. The molecular formula is C52H32N4O4S4. The van der Waals surface area contributed by atoms with Crippen LogP contribution in [-0.2, 0) is 11.2 Å². The van der Waals surface area contributed by atoms with Gasteiger partial charge in [0.2, 0.25) is 0 Å². The molecule has 6 aromatic rings. The second kappa shape index (κ2) is 14.4. The van der Waals surface area contributed by atoms with Crippen LogP contribution in [0.15, 0.2) is 83.1 Å². The lowest BCUT2D eigenvalue weighted by Crippen LogP contribution is -2.37. The van der Waals surface area contributed by atoms with Crippen molar-refractivity contribution in [2.24, 2.45) is 0 Å². The number of hydrogen-bond acceptors (Lipinski definition) is 11. The Morgan fingerprint density at radius 1 is 0.594 bits per heavy atom. The lowest BCUT2D eigenvalue weighted by molar-refractivity contribution is 0.0257. The molecule has 0 amide bonds. The summed E-state index contributed by atoms with van der Waals surface area (Å²) in [5, 5.41) is 29.9. The summed E-state index contributed by atoms with van der Waals surface area (Å²) in [5.41, 5.74) is 4.92. The van der Waals surface area contributed by atoms with Crippen LogP contribution in [0.1, 0.15) is 117 Å². The number of Topliss-reactive ketones (excluding diaryl/α,β-unsaturated/α-hetero) is 2. The predicted molar refractivity (Wildman–Crippen MR) is 252 cm³/mol. The lowest BCUT2D eigenvalue weighted by Gasteiger charge is -2.41. The Balaban J connectivity index is 1.03. The molecule has 308 valence electrons. The summed E-state index contributed by atoms with van der Waals surface area (Å²) >= 11 is 6.82. The quantitative estimate of drug-likeness (QED) is 0.0961. The zero-order chi connectivity index (χ0) is 43.5. The summed E-state index contributed by atoms with van der Waals surface area (Å²) in [6, 6.07) is 24.5. The molecule has 8 nitrogen and oxygen atoms in total. The Morgan fingerprint density at radius 2 is 1.03 bits per heavy atom. The minimum atomic E-state index is -0.520. The topological polar surface area (TPSA) is 128 Å². The van der Waals surface area contributed by atoms with E-state index in [2.05, 4.69) is 4.85 Å². The average molecular weight is 905 g/mol. The normalized spacial score (nSPS) is 20.3. The third-order valence-corrected chi connectivity index (χ3v) is 18.6. The number of carbonyl (C=O) groups is 2. The zero-order valence-electron chi connectivity index (χ0n) is 34.1. The van der Waals surface area contributed by atoms with E-state index in [1.807, 2.05) is 77.3 Å². The summed E-state index contributed by atoms with van der Waals surface area (Å²) < 4.78 is 17.0. The third kappa shape index (κ3) is 5.44. The summed E-state index contributed by atoms with van der Waals surface area (Å²) in [4.78, 5) is 37.4. The molecule has 4 aromatic heterocycles. The highest BCUT2D eigenvalue weighted by Crippen LogP contribution is 2.66. The fourth-order valence-corrected chi connectivity index (χ4v) is 16.5. The van der Waals surface area contributed by atoms with E-state index in [9.17, 15) is 25.4 Å². The van der Waals surface area contributed by atoms with Gasteiger partial charge in [-0.3, -0.25) is 9.59 Å². The van der Waals surface area contributed by atoms with Crippen LogP contribution in [0.3, 0.4) is 0 Å². The highest BCUT2D eigenvalue weighted by molar-refractivity contribution is 7.34. The van der Waals surface area contributed by atoms with Crippen molar-refractivity contribution in [3.05, 3.63) is 138 Å². The number of rotatable bonds is 2.